The number of aromatic nitrogens is 1. The Morgan fingerprint density at radius 3 is 2.43 bits per heavy atom. The van der Waals surface area contributed by atoms with E-state index in [4.69, 9.17) is 23.2 Å². The highest BCUT2D eigenvalue weighted by Gasteiger charge is 1.95. The molecule has 0 aromatic carbocycles. The van der Waals surface area contributed by atoms with Crippen molar-refractivity contribution in [2.75, 3.05) is 0 Å². The van der Waals surface area contributed by atoms with Crippen molar-refractivity contribution in [3.05, 3.63) is 15.6 Å². The first-order chi connectivity index (χ1) is 3.30. The summed E-state index contributed by atoms with van der Waals surface area (Å²) in [7, 11) is 0. The second-order valence-electron chi connectivity index (χ2n) is 0.882. The van der Waals surface area contributed by atoms with Crippen molar-refractivity contribution in [2.24, 2.45) is 0 Å². The van der Waals surface area contributed by atoms with Crippen molar-refractivity contribution in [3.63, 3.8) is 0 Å². The topological polar surface area (TPSA) is 12.9 Å². The fourth-order valence-electron chi connectivity index (χ4n) is 0.187. The second kappa shape index (κ2) is 1.99. The van der Waals surface area contributed by atoms with Crippen LogP contribution in [-0.4, -0.2) is 4.37 Å². The fourth-order valence-corrected chi connectivity index (χ4v) is 0.872. The van der Waals surface area contributed by atoms with E-state index in [1.54, 1.807) is 0 Å². The molecule has 0 fully saturated rings. The Morgan fingerprint density at radius 2 is 2.29 bits per heavy atom. The number of hydrogen-bond donors (Lipinski definition) is 0. The van der Waals surface area contributed by atoms with Gasteiger partial charge in [-0.2, -0.15) is 4.37 Å². The quantitative estimate of drug-likeness (QED) is 0.556. The predicted molar refractivity (Wildman–Crippen MR) is 31.0 cm³/mol. The van der Waals surface area contributed by atoms with Gasteiger partial charge in [-0.15, -0.1) is 0 Å². The number of rotatable bonds is 0. The molecule has 0 bridgehead atoms. The van der Waals surface area contributed by atoms with Gasteiger partial charge in [-0.05, 0) is 11.5 Å². The first-order valence-corrected chi connectivity index (χ1v) is 3.02. The van der Waals surface area contributed by atoms with E-state index in [1.165, 1.54) is 0 Å². The molecule has 1 aromatic heterocycles. The molecule has 0 atom stereocenters. The van der Waals surface area contributed by atoms with Crippen molar-refractivity contribution in [1.82, 2.24) is 4.37 Å². The van der Waals surface area contributed by atoms with E-state index >= 15 is 0 Å². The smallest absolute Gasteiger partial charge is 0.133 e. The van der Waals surface area contributed by atoms with Gasteiger partial charge < -0.3 is 0 Å². The van der Waals surface area contributed by atoms with Crippen molar-refractivity contribution in [2.45, 2.75) is 0 Å². The van der Waals surface area contributed by atoms with Crippen molar-refractivity contribution in [1.29, 1.82) is 0 Å². The number of nitrogens with zero attached hydrogens (tertiary/aromatic N) is 1. The van der Waals surface area contributed by atoms with Crippen LogP contribution >= 0.6 is 34.7 Å². The molecule has 0 spiro atoms. The highest BCUT2D eigenvalue weighted by Crippen LogP contribution is 2.23. The van der Waals surface area contributed by atoms with Crippen LogP contribution in [0.5, 0.6) is 0 Å². The molecule has 0 unspecified atom stereocenters. The van der Waals surface area contributed by atoms with Gasteiger partial charge in [0, 0.05) is 0 Å². The molecule has 7 heavy (non-hydrogen) atoms. The van der Waals surface area contributed by atoms with E-state index in [0.717, 1.165) is 11.5 Å². The van der Waals surface area contributed by atoms with Gasteiger partial charge in [-0.25, -0.2) is 0 Å². The lowest BCUT2D eigenvalue weighted by molar-refractivity contribution is 1.56. The number of halogens is 2. The van der Waals surface area contributed by atoms with Crippen LogP contribution in [0.25, 0.3) is 0 Å². The van der Waals surface area contributed by atoms with Crippen LogP contribution in [0.4, 0.5) is 0 Å². The summed E-state index contributed by atoms with van der Waals surface area (Å²) in [6.45, 7) is 0. The van der Waals surface area contributed by atoms with Crippen LogP contribution in [0, 0.1) is 6.20 Å². The van der Waals surface area contributed by atoms with Crippen molar-refractivity contribution in [3.8, 4) is 0 Å². The van der Waals surface area contributed by atoms with E-state index < -0.39 is 0 Å². The van der Waals surface area contributed by atoms with Crippen LogP contribution in [-0.2, 0) is 0 Å². The third-order valence-corrected chi connectivity index (χ3v) is 1.87. The molecule has 1 heterocycles. The Labute approximate surface area is 55.0 Å². The molecule has 1 radical (unpaired) electrons. The summed E-state index contributed by atoms with van der Waals surface area (Å²) in [5, 5.41) is 0.409. The van der Waals surface area contributed by atoms with Crippen LogP contribution in [0.3, 0.4) is 0 Å². The van der Waals surface area contributed by atoms with E-state index in [9.17, 15) is 0 Å². The zero-order valence-electron chi connectivity index (χ0n) is 3.11. The monoisotopic (exact) mass is 152 g/mol. The van der Waals surface area contributed by atoms with Crippen LogP contribution < -0.4 is 0 Å². The Balaban J connectivity index is 3.12. The molecule has 0 aliphatic heterocycles. The standard InChI is InChI=1S/C3Cl2NS/c4-2-1-6-7-3(2)5. The van der Waals surface area contributed by atoms with Gasteiger partial charge in [-0.1, -0.05) is 23.2 Å². The lowest BCUT2D eigenvalue weighted by atomic mass is 10.8. The highest BCUT2D eigenvalue weighted by atomic mass is 35.5. The summed E-state index contributed by atoms with van der Waals surface area (Å²) < 4.78 is 4.08. The van der Waals surface area contributed by atoms with Gasteiger partial charge in [0.1, 0.15) is 10.5 Å². The molecule has 4 heteroatoms. The molecule has 1 nitrogen and oxygen atoms in total. The Morgan fingerprint density at radius 1 is 1.57 bits per heavy atom. The minimum absolute atomic E-state index is 0.409. The third-order valence-electron chi connectivity index (χ3n) is 0.442. The van der Waals surface area contributed by atoms with Gasteiger partial charge in [-0.3, -0.25) is 0 Å². The summed E-state index contributed by atoms with van der Waals surface area (Å²) in [5.41, 5.74) is 0. The third kappa shape index (κ3) is 1.06. The maximum Gasteiger partial charge on any atom is 0.133 e. The molecule has 37 valence electrons. The SMILES string of the molecule is Clc1[c]nsc1Cl. The van der Waals surface area contributed by atoms with Gasteiger partial charge in [0.25, 0.3) is 0 Å². The molecule has 0 aliphatic rings. The minimum Gasteiger partial charge on any atom is -0.188 e. The van der Waals surface area contributed by atoms with Crippen LogP contribution in [0.1, 0.15) is 0 Å². The summed E-state index contributed by atoms with van der Waals surface area (Å²) in [6, 6.07) is 0. The summed E-state index contributed by atoms with van der Waals surface area (Å²) in [4.78, 5) is 0. The van der Waals surface area contributed by atoms with Crippen LogP contribution in [0.2, 0.25) is 9.36 Å². The molecule has 0 aliphatic carbocycles. The Kier molecular flexibility index (Phi) is 1.52. The average molecular weight is 153 g/mol. The Hall–Kier alpha value is 0.210. The summed E-state index contributed by atoms with van der Waals surface area (Å²) >= 11 is 11.9. The molecule has 0 amide bonds. The largest absolute Gasteiger partial charge is 0.188 e. The van der Waals surface area contributed by atoms with Gasteiger partial charge >= 0.3 is 0 Å². The second-order valence-corrected chi connectivity index (χ2v) is 2.64. The summed E-state index contributed by atoms with van der Waals surface area (Å²) in [6.07, 6.45) is 2.47. The average Bonchev–Trinajstić information content (AvgIpc) is 1.91. The normalized spacial score (nSPS) is 9.43. The van der Waals surface area contributed by atoms with Gasteiger partial charge in [0.05, 0.1) is 5.02 Å². The maximum absolute atomic E-state index is 5.42. The number of hydrogen-bond acceptors (Lipinski definition) is 2. The summed E-state index contributed by atoms with van der Waals surface area (Å²) in [5.74, 6) is 0. The molecule has 0 saturated heterocycles. The van der Waals surface area contributed by atoms with Crippen molar-refractivity contribution < 1.29 is 0 Å². The first-order valence-electron chi connectivity index (χ1n) is 1.49. The Bertz CT molecular complexity index is 145. The minimum atomic E-state index is 0.409. The van der Waals surface area contributed by atoms with Gasteiger partial charge in [0.15, 0.2) is 0 Å². The molecule has 0 saturated carbocycles. The molecule has 1 rings (SSSR count). The van der Waals surface area contributed by atoms with E-state index in [0.29, 0.717) is 9.36 Å². The van der Waals surface area contributed by atoms with Crippen molar-refractivity contribution >= 4 is 34.7 Å². The van der Waals surface area contributed by atoms with Crippen LogP contribution in [0.15, 0.2) is 0 Å². The maximum atomic E-state index is 5.42. The molecule has 1 aromatic rings. The van der Waals surface area contributed by atoms with E-state index in [-0.39, 0.29) is 0 Å². The lowest BCUT2D eigenvalue weighted by Gasteiger charge is -1.70. The fraction of sp³-hybridized carbons (Fsp3) is 0. The predicted octanol–water partition coefficient (Wildman–Crippen LogP) is 2.25. The first kappa shape index (κ1) is 5.35. The molecular formula is C3Cl2NS. The zero-order valence-corrected chi connectivity index (χ0v) is 5.44. The van der Waals surface area contributed by atoms with Gasteiger partial charge in [0.2, 0.25) is 0 Å². The molecular weight excluding hydrogens is 153 g/mol. The van der Waals surface area contributed by atoms with E-state index in [2.05, 4.69) is 10.6 Å². The highest BCUT2D eigenvalue weighted by molar-refractivity contribution is 7.11. The van der Waals surface area contributed by atoms with E-state index in [1.807, 2.05) is 0 Å². The zero-order chi connectivity index (χ0) is 5.28. The lowest BCUT2D eigenvalue weighted by Crippen LogP contribution is -1.46. The molecule has 0 N–H and O–H groups in total.